The molecule has 0 aliphatic rings. The molecule has 90 valence electrons. The fourth-order valence-corrected chi connectivity index (χ4v) is 1.48. The van der Waals surface area contributed by atoms with Crippen LogP contribution in [0.3, 0.4) is 0 Å². The average Bonchev–Trinajstić information content (AvgIpc) is 2.23. The van der Waals surface area contributed by atoms with Crippen molar-refractivity contribution < 1.29 is 9.84 Å². The van der Waals surface area contributed by atoms with E-state index < -0.39 is 6.10 Å². The van der Waals surface area contributed by atoms with Crippen molar-refractivity contribution in [2.24, 2.45) is 0 Å². The summed E-state index contributed by atoms with van der Waals surface area (Å²) in [4.78, 5) is 0. The van der Waals surface area contributed by atoms with E-state index in [9.17, 15) is 5.11 Å². The highest BCUT2D eigenvalue weighted by Gasteiger charge is 2.03. The second kappa shape index (κ2) is 6.35. The molecule has 4 nitrogen and oxygen atoms in total. The van der Waals surface area contributed by atoms with Gasteiger partial charge < -0.3 is 20.9 Å². The van der Waals surface area contributed by atoms with E-state index in [0.29, 0.717) is 19.6 Å². The zero-order valence-corrected chi connectivity index (χ0v) is 9.86. The number of ether oxygens (including phenoxy) is 1. The Bertz CT molecular complexity index is 329. The van der Waals surface area contributed by atoms with Crippen molar-refractivity contribution in [2.45, 2.75) is 19.4 Å². The van der Waals surface area contributed by atoms with E-state index in [0.717, 1.165) is 16.9 Å². The molecule has 1 unspecified atom stereocenters. The Morgan fingerprint density at radius 2 is 2.25 bits per heavy atom. The molecule has 0 aliphatic heterocycles. The number of nitrogens with two attached hydrogens (primary N) is 1. The molecule has 0 radical (unpaired) electrons. The maximum Gasteiger partial charge on any atom is 0.0790 e. The van der Waals surface area contributed by atoms with Gasteiger partial charge in [0.2, 0.25) is 0 Å². The first-order chi connectivity index (χ1) is 7.63. The number of hydrogen-bond acceptors (Lipinski definition) is 4. The van der Waals surface area contributed by atoms with Crippen LogP contribution >= 0.6 is 0 Å². The molecule has 0 aliphatic carbocycles. The van der Waals surface area contributed by atoms with E-state index in [2.05, 4.69) is 5.32 Å². The Morgan fingerprint density at radius 3 is 2.94 bits per heavy atom. The molecule has 1 aromatic rings. The van der Waals surface area contributed by atoms with Gasteiger partial charge in [0.1, 0.15) is 0 Å². The highest BCUT2D eigenvalue weighted by Crippen LogP contribution is 2.17. The molecule has 1 aromatic carbocycles. The molecule has 0 heterocycles. The molecule has 4 N–H and O–H groups in total. The van der Waals surface area contributed by atoms with E-state index in [4.69, 9.17) is 10.5 Å². The van der Waals surface area contributed by atoms with Crippen LogP contribution in [0, 0.1) is 6.92 Å². The SMILES string of the molecule is COCC(O)CCNc1cc(N)ccc1C. The molecular weight excluding hydrogens is 204 g/mol. The fourth-order valence-electron chi connectivity index (χ4n) is 1.48. The number of nitrogens with one attached hydrogen (secondary N) is 1. The largest absolute Gasteiger partial charge is 0.399 e. The molecule has 0 saturated carbocycles. The fraction of sp³-hybridized carbons (Fsp3) is 0.500. The summed E-state index contributed by atoms with van der Waals surface area (Å²) in [6.07, 6.45) is 0.237. The monoisotopic (exact) mass is 224 g/mol. The molecule has 0 amide bonds. The van der Waals surface area contributed by atoms with Gasteiger partial charge in [0.25, 0.3) is 0 Å². The van der Waals surface area contributed by atoms with E-state index in [1.807, 2.05) is 25.1 Å². The number of hydrogen-bond donors (Lipinski definition) is 3. The smallest absolute Gasteiger partial charge is 0.0790 e. The van der Waals surface area contributed by atoms with Gasteiger partial charge >= 0.3 is 0 Å². The second-order valence-electron chi connectivity index (χ2n) is 3.90. The third-order valence-electron chi connectivity index (χ3n) is 2.41. The summed E-state index contributed by atoms with van der Waals surface area (Å²) in [6.45, 7) is 3.10. The number of aliphatic hydroxyl groups excluding tert-OH is 1. The van der Waals surface area contributed by atoms with E-state index in [1.165, 1.54) is 0 Å². The van der Waals surface area contributed by atoms with Gasteiger partial charge in [0.15, 0.2) is 0 Å². The molecule has 1 atom stereocenters. The van der Waals surface area contributed by atoms with Crippen molar-refractivity contribution in [3.8, 4) is 0 Å². The van der Waals surface area contributed by atoms with Crippen molar-refractivity contribution in [3.05, 3.63) is 23.8 Å². The molecule has 0 spiro atoms. The maximum absolute atomic E-state index is 9.46. The topological polar surface area (TPSA) is 67.5 Å². The number of rotatable bonds is 6. The summed E-state index contributed by atoms with van der Waals surface area (Å²) in [5.41, 5.74) is 8.61. The van der Waals surface area contributed by atoms with Crippen molar-refractivity contribution in [1.82, 2.24) is 0 Å². The molecule has 16 heavy (non-hydrogen) atoms. The van der Waals surface area contributed by atoms with Gasteiger partial charge in [-0.15, -0.1) is 0 Å². The van der Waals surface area contributed by atoms with Crippen LogP contribution in [0.4, 0.5) is 11.4 Å². The van der Waals surface area contributed by atoms with Gasteiger partial charge in [-0.2, -0.15) is 0 Å². The van der Waals surface area contributed by atoms with Gasteiger partial charge in [0, 0.05) is 25.0 Å². The Morgan fingerprint density at radius 1 is 1.50 bits per heavy atom. The molecule has 1 rings (SSSR count). The van der Waals surface area contributed by atoms with Crippen LogP contribution in [0.15, 0.2) is 18.2 Å². The molecule has 4 heteroatoms. The Hall–Kier alpha value is -1.26. The van der Waals surface area contributed by atoms with Crippen LogP contribution in [0.2, 0.25) is 0 Å². The quantitative estimate of drug-likeness (QED) is 0.639. The van der Waals surface area contributed by atoms with Crippen molar-refractivity contribution in [1.29, 1.82) is 0 Å². The molecule has 0 saturated heterocycles. The first-order valence-electron chi connectivity index (χ1n) is 5.40. The number of nitrogen functional groups attached to an aromatic ring is 1. The highest BCUT2D eigenvalue weighted by atomic mass is 16.5. The molecule has 0 aromatic heterocycles. The minimum Gasteiger partial charge on any atom is -0.399 e. The Labute approximate surface area is 96.4 Å². The minimum atomic E-state index is -0.418. The number of methoxy groups -OCH3 is 1. The Kier molecular flexibility index (Phi) is 5.08. The summed E-state index contributed by atoms with van der Waals surface area (Å²) >= 11 is 0. The third-order valence-corrected chi connectivity index (χ3v) is 2.41. The normalized spacial score (nSPS) is 12.4. The predicted octanol–water partition coefficient (Wildman–Crippen LogP) is 1.39. The minimum absolute atomic E-state index is 0.373. The molecular formula is C12H20N2O2. The molecule has 0 fully saturated rings. The van der Waals surface area contributed by atoms with Crippen molar-refractivity contribution in [3.63, 3.8) is 0 Å². The van der Waals surface area contributed by atoms with Gasteiger partial charge in [-0.1, -0.05) is 6.07 Å². The number of aliphatic hydroxyl groups is 1. The van der Waals surface area contributed by atoms with E-state index in [1.54, 1.807) is 7.11 Å². The van der Waals surface area contributed by atoms with Crippen LogP contribution in [0.25, 0.3) is 0 Å². The maximum atomic E-state index is 9.46. The number of benzene rings is 1. The van der Waals surface area contributed by atoms with Gasteiger partial charge in [-0.05, 0) is 31.0 Å². The summed E-state index contributed by atoms with van der Waals surface area (Å²) < 4.78 is 4.85. The molecule has 0 bridgehead atoms. The van der Waals surface area contributed by atoms with Crippen LogP contribution in [0.1, 0.15) is 12.0 Å². The standard InChI is InChI=1S/C12H20N2O2/c1-9-3-4-10(13)7-12(9)14-6-5-11(15)8-16-2/h3-4,7,11,14-15H,5-6,8,13H2,1-2H3. The summed E-state index contributed by atoms with van der Waals surface area (Å²) in [6, 6.07) is 5.75. The van der Waals surface area contributed by atoms with E-state index >= 15 is 0 Å². The van der Waals surface area contributed by atoms with Crippen LogP contribution in [-0.2, 0) is 4.74 Å². The first kappa shape index (κ1) is 12.8. The lowest BCUT2D eigenvalue weighted by Crippen LogP contribution is -2.18. The highest BCUT2D eigenvalue weighted by molar-refractivity contribution is 5.59. The summed E-state index contributed by atoms with van der Waals surface area (Å²) in [5.74, 6) is 0. The summed E-state index contributed by atoms with van der Waals surface area (Å²) in [7, 11) is 1.58. The first-order valence-corrected chi connectivity index (χ1v) is 5.40. The van der Waals surface area contributed by atoms with Crippen LogP contribution in [0.5, 0.6) is 0 Å². The second-order valence-corrected chi connectivity index (χ2v) is 3.90. The van der Waals surface area contributed by atoms with Crippen LogP contribution in [-0.4, -0.2) is 31.5 Å². The third kappa shape index (κ3) is 4.08. The number of aryl methyl sites for hydroxylation is 1. The van der Waals surface area contributed by atoms with Crippen molar-refractivity contribution >= 4 is 11.4 Å². The lowest BCUT2D eigenvalue weighted by atomic mass is 10.1. The predicted molar refractivity (Wildman–Crippen MR) is 66.6 cm³/mol. The summed E-state index contributed by atoms with van der Waals surface area (Å²) in [5, 5.41) is 12.7. The zero-order chi connectivity index (χ0) is 12.0. The zero-order valence-electron chi connectivity index (χ0n) is 9.86. The average molecular weight is 224 g/mol. The van der Waals surface area contributed by atoms with Crippen LogP contribution < -0.4 is 11.1 Å². The van der Waals surface area contributed by atoms with Gasteiger partial charge in [-0.3, -0.25) is 0 Å². The lowest BCUT2D eigenvalue weighted by Gasteiger charge is -2.13. The lowest BCUT2D eigenvalue weighted by molar-refractivity contribution is 0.0615. The number of anilines is 2. The van der Waals surface area contributed by atoms with Crippen molar-refractivity contribution in [2.75, 3.05) is 31.3 Å². The van der Waals surface area contributed by atoms with Gasteiger partial charge in [0.05, 0.1) is 12.7 Å². The Balaban J connectivity index is 2.39. The van der Waals surface area contributed by atoms with Gasteiger partial charge in [-0.25, -0.2) is 0 Å². The van der Waals surface area contributed by atoms with E-state index in [-0.39, 0.29) is 0 Å².